The first-order chi connectivity index (χ1) is 10.4. The predicted molar refractivity (Wildman–Crippen MR) is 96.3 cm³/mol. The number of fused-ring (bicyclic) bond motifs is 1. The summed E-state index contributed by atoms with van der Waals surface area (Å²) in [6.07, 6.45) is 1.12. The van der Waals surface area contributed by atoms with Crippen molar-refractivity contribution in [2.24, 2.45) is 4.99 Å². The molecule has 1 aromatic heterocycles. The van der Waals surface area contributed by atoms with Crippen LogP contribution in [-0.4, -0.2) is 23.3 Å². The van der Waals surface area contributed by atoms with Crippen molar-refractivity contribution in [3.63, 3.8) is 0 Å². The third kappa shape index (κ3) is 2.72. The molecule has 0 radical (unpaired) electrons. The number of nitrogens with one attached hydrogen (secondary N) is 1. The van der Waals surface area contributed by atoms with E-state index in [9.17, 15) is 0 Å². The molecule has 0 saturated heterocycles. The summed E-state index contributed by atoms with van der Waals surface area (Å²) >= 11 is 1.55. The Kier molecular flexibility index (Phi) is 4.41. The minimum absolute atomic E-state index is 0. The molecule has 1 aliphatic rings. The monoisotopic (exact) mass is 329 g/mol. The lowest BCUT2D eigenvalue weighted by Crippen LogP contribution is -2.30. The van der Waals surface area contributed by atoms with Crippen molar-refractivity contribution < 1.29 is 0 Å². The van der Waals surface area contributed by atoms with Gasteiger partial charge in [0.15, 0.2) is 0 Å². The Labute approximate surface area is 139 Å². The molecule has 0 fully saturated rings. The lowest BCUT2D eigenvalue weighted by atomic mass is 10.1. The Balaban J connectivity index is 0.00000144. The van der Waals surface area contributed by atoms with Crippen LogP contribution in [0.1, 0.15) is 12.0 Å². The Morgan fingerprint density at radius 2 is 1.73 bits per heavy atom. The number of nitrogens with zero attached hydrogens (tertiary/aromatic N) is 2. The number of amidine groups is 1. The summed E-state index contributed by atoms with van der Waals surface area (Å²) < 4.78 is 5.83. The van der Waals surface area contributed by atoms with E-state index in [1.165, 1.54) is 10.1 Å². The van der Waals surface area contributed by atoms with E-state index < -0.39 is 0 Å². The highest BCUT2D eigenvalue weighted by Gasteiger charge is 2.10. The average Bonchev–Trinajstić information content (AvgIpc) is 3.00. The first-order valence-electron chi connectivity index (χ1n) is 7.15. The molecular weight excluding hydrogens is 314 g/mol. The molecule has 2 aromatic carbocycles. The van der Waals surface area contributed by atoms with Crippen LogP contribution >= 0.6 is 23.9 Å². The van der Waals surface area contributed by atoms with Crippen molar-refractivity contribution >= 4 is 39.9 Å². The molecule has 3 aromatic rings. The Hall–Kier alpha value is -1.91. The van der Waals surface area contributed by atoms with Gasteiger partial charge in [0.25, 0.3) is 0 Å². The van der Waals surface area contributed by atoms with E-state index in [-0.39, 0.29) is 12.4 Å². The van der Waals surface area contributed by atoms with Gasteiger partial charge in [-0.25, -0.2) is 0 Å². The highest BCUT2D eigenvalue weighted by Crippen LogP contribution is 2.30. The highest BCUT2D eigenvalue weighted by atomic mass is 35.5. The standard InChI is InChI=1S/C17H15N3S.ClH/c1-2-5-15-14(4-1)16(20-21-15)12-6-8-13(9-7-12)17-18-10-3-11-19-17;/h1-2,4-9H,3,10-11H2,(H,18,19);1H. The summed E-state index contributed by atoms with van der Waals surface area (Å²) in [7, 11) is 0. The largest absolute Gasteiger partial charge is 0.370 e. The number of hydrogen-bond donors (Lipinski definition) is 1. The third-order valence-electron chi connectivity index (χ3n) is 3.71. The topological polar surface area (TPSA) is 37.3 Å². The zero-order valence-electron chi connectivity index (χ0n) is 12.0. The summed E-state index contributed by atoms with van der Waals surface area (Å²) in [4.78, 5) is 4.53. The van der Waals surface area contributed by atoms with Gasteiger partial charge in [-0.1, -0.05) is 42.5 Å². The molecule has 4 rings (SSSR count). The average molecular weight is 330 g/mol. The lowest BCUT2D eigenvalue weighted by molar-refractivity contribution is 0.742. The molecule has 5 heteroatoms. The minimum Gasteiger partial charge on any atom is -0.370 e. The first-order valence-corrected chi connectivity index (χ1v) is 7.93. The minimum atomic E-state index is 0. The number of rotatable bonds is 2. The van der Waals surface area contributed by atoms with E-state index in [4.69, 9.17) is 0 Å². The van der Waals surface area contributed by atoms with Crippen LogP contribution in [-0.2, 0) is 0 Å². The first kappa shape index (κ1) is 15.0. The van der Waals surface area contributed by atoms with E-state index >= 15 is 0 Å². The van der Waals surface area contributed by atoms with Crippen molar-refractivity contribution in [2.45, 2.75) is 6.42 Å². The Morgan fingerprint density at radius 1 is 0.955 bits per heavy atom. The fraction of sp³-hybridized carbons (Fsp3) is 0.176. The molecule has 112 valence electrons. The van der Waals surface area contributed by atoms with E-state index in [1.807, 2.05) is 0 Å². The maximum absolute atomic E-state index is 4.60. The molecule has 1 N–H and O–H groups in total. The van der Waals surface area contributed by atoms with Gasteiger partial charge in [-0.2, -0.15) is 4.37 Å². The van der Waals surface area contributed by atoms with Gasteiger partial charge in [0.2, 0.25) is 0 Å². The van der Waals surface area contributed by atoms with E-state index in [0.29, 0.717) is 0 Å². The number of hydrogen-bond acceptors (Lipinski definition) is 4. The molecule has 0 bridgehead atoms. The Bertz CT molecular complexity index is 808. The van der Waals surface area contributed by atoms with Gasteiger partial charge in [0, 0.05) is 29.6 Å². The van der Waals surface area contributed by atoms with Crippen molar-refractivity contribution in [3.8, 4) is 11.3 Å². The zero-order valence-corrected chi connectivity index (χ0v) is 13.6. The molecule has 0 aliphatic carbocycles. The van der Waals surface area contributed by atoms with Crippen LogP contribution in [0.4, 0.5) is 0 Å². The fourth-order valence-corrected chi connectivity index (χ4v) is 3.40. The maximum Gasteiger partial charge on any atom is 0.128 e. The Morgan fingerprint density at radius 3 is 2.50 bits per heavy atom. The second-order valence-electron chi connectivity index (χ2n) is 5.12. The van der Waals surface area contributed by atoms with Gasteiger partial charge in [0.05, 0.1) is 10.4 Å². The molecule has 0 amide bonds. The van der Waals surface area contributed by atoms with Crippen LogP contribution in [0.2, 0.25) is 0 Å². The van der Waals surface area contributed by atoms with Crippen LogP contribution in [0.25, 0.3) is 21.3 Å². The van der Waals surface area contributed by atoms with Crippen LogP contribution < -0.4 is 5.32 Å². The number of benzene rings is 2. The molecular formula is C17H16ClN3S. The van der Waals surface area contributed by atoms with Gasteiger partial charge in [-0.15, -0.1) is 12.4 Å². The van der Waals surface area contributed by atoms with Gasteiger partial charge in [-0.05, 0) is 24.0 Å². The maximum atomic E-state index is 4.60. The second-order valence-corrected chi connectivity index (χ2v) is 5.92. The number of aliphatic imine (C=N–C) groups is 1. The zero-order chi connectivity index (χ0) is 14.1. The fourth-order valence-electron chi connectivity index (χ4n) is 2.61. The van der Waals surface area contributed by atoms with E-state index in [1.54, 1.807) is 11.5 Å². The highest BCUT2D eigenvalue weighted by molar-refractivity contribution is 7.13. The van der Waals surface area contributed by atoms with Crippen LogP contribution in [0.5, 0.6) is 0 Å². The molecule has 0 unspecified atom stereocenters. The van der Waals surface area contributed by atoms with Crippen molar-refractivity contribution in [1.29, 1.82) is 0 Å². The molecule has 22 heavy (non-hydrogen) atoms. The third-order valence-corrected chi connectivity index (χ3v) is 4.53. The van der Waals surface area contributed by atoms with Gasteiger partial charge in [0.1, 0.15) is 5.84 Å². The second kappa shape index (κ2) is 6.46. The molecule has 3 nitrogen and oxygen atoms in total. The van der Waals surface area contributed by atoms with Crippen LogP contribution in [0.3, 0.4) is 0 Å². The van der Waals surface area contributed by atoms with E-state index in [0.717, 1.165) is 42.2 Å². The SMILES string of the molecule is Cl.c1ccc2c(-c3ccc(C4=NCCCN4)cc3)nsc2c1. The summed E-state index contributed by atoms with van der Waals surface area (Å²) in [5.41, 5.74) is 3.38. The summed E-state index contributed by atoms with van der Waals surface area (Å²) in [6.45, 7) is 1.93. The van der Waals surface area contributed by atoms with Crippen LogP contribution in [0.15, 0.2) is 53.5 Å². The van der Waals surface area contributed by atoms with Crippen molar-refractivity contribution in [1.82, 2.24) is 9.69 Å². The summed E-state index contributed by atoms with van der Waals surface area (Å²) in [5.74, 6) is 1.01. The molecule has 1 aliphatic heterocycles. The molecule has 0 saturated carbocycles. The van der Waals surface area contributed by atoms with Crippen molar-refractivity contribution in [2.75, 3.05) is 13.1 Å². The predicted octanol–water partition coefficient (Wildman–Crippen LogP) is 4.13. The number of aromatic nitrogens is 1. The molecule has 0 spiro atoms. The molecule has 2 heterocycles. The van der Waals surface area contributed by atoms with Crippen molar-refractivity contribution in [3.05, 3.63) is 54.1 Å². The smallest absolute Gasteiger partial charge is 0.128 e. The number of halogens is 1. The summed E-state index contributed by atoms with van der Waals surface area (Å²) in [6, 6.07) is 16.9. The van der Waals surface area contributed by atoms with Gasteiger partial charge < -0.3 is 5.32 Å². The quantitative estimate of drug-likeness (QED) is 0.767. The van der Waals surface area contributed by atoms with Gasteiger partial charge in [-0.3, -0.25) is 4.99 Å². The summed E-state index contributed by atoms with van der Waals surface area (Å²) in [5, 5.41) is 4.58. The normalized spacial score (nSPS) is 14.1. The molecule has 0 atom stereocenters. The van der Waals surface area contributed by atoms with E-state index in [2.05, 4.69) is 63.2 Å². The van der Waals surface area contributed by atoms with Crippen LogP contribution in [0, 0.1) is 0 Å². The van der Waals surface area contributed by atoms with Gasteiger partial charge >= 0.3 is 0 Å². The lowest BCUT2D eigenvalue weighted by Gasteiger charge is -2.14.